The van der Waals surface area contributed by atoms with E-state index < -0.39 is 0 Å². The molecule has 1 aromatic rings. The van der Waals surface area contributed by atoms with E-state index in [4.69, 9.17) is 4.99 Å². The van der Waals surface area contributed by atoms with Gasteiger partial charge < -0.3 is 15.5 Å². The van der Waals surface area contributed by atoms with Crippen LogP contribution in [-0.2, 0) is 13.5 Å². The van der Waals surface area contributed by atoms with Crippen LogP contribution in [-0.4, -0.2) is 59.4 Å². The van der Waals surface area contributed by atoms with Crippen molar-refractivity contribution in [3.05, 3.63) is 17.0 Å². The Labute approximate surface area is 177 Å². The zero-order chi connectivity index (χ0) is 18.8. The van der Waals surface area contributed by atoms with E-state index in [-0.39, 0.29) is 24.0 Å². The Morgan fingerprint density at radius 3 is 2.42 bits per heavy atom. The van der Waals surface area contributed by atoms with Gasteiger partial charge in [-0.2, -0.15) is 5.10 Å². The second kappa shape index (κ2) is 13.4. The van der Waals surface area contributed by atoms with E-state index in [1.165, 1.54) is 17.7 Å². The van der Waals surface area contributed by atoms with Gasteiger partial charge in [0.2, 0.25) is 0 Å². The van der Waals surface area contributed by atoms with Gasteiger partial charge in [0.25, 0.3) is 0 Å². The lowest BCUT2D eigenvalue weighted by molar-refractivity contribution is 0.297. The van der Waals surface area contributed by atoms with Gasteiger partial charge in [0.05, 0.1) is 12.2 Å². The average molecular weight is 478 g/mol. The Morgan fingerprint density at radius 1 is 1.23 bits per heavy atom. The Kier molecular flexibility index (Phi) is 12.9. The van der Waals surface area contributed by atoms with Crippen molar-refractivity contribution in [1.82, 2.24) is 25.3 Å². The fraction of sp³-hybridized carbons (Fsp3) is 0.789. The molecule has 0 aromatic carbocycles. The standard InChI is InChI=1S/C19H38N6.HI/c1-8-12-25(10-3)13-11-21-19(20-9-2)22-15(4)14-18-16(5)23-24(7)17(18)6;/h15H,8-14H2,1-7H3,(H2,20,21,22);1H. The van der Waals surface area contributed by atoms with Crippen molar-refractivity contribution in [2.75, 3.05) is 32.7 Å². The first-order valence-corrected chi connectivity index (χ1v) is 9.69. The minimum Gasteiger partial charge on any atom is -0.357 e. The van der Waals surface area contributed by atoms with Crippen molar-refractivity contribution in [3.63, 3.8) is 0 Å². The van der Waals surface area contributed by atoms with Crippen molar-refractivity contribution >= 4 is 29.9 Å². The molecule has 1 unspecified atom stereocenters. The van der Waals surface area contributed by atoms with E-state index >= 15 is 0 Å². The highest BCUT2D eigenvalue weighted by Gasteiger charge is 2.14. The Morgan fingerprint density at radius 2 is 1.92 bits per heavy atom. The average Bonchev–Trinajstić information content (AvgIpc) is 2.80. The minimum absolute atomic E-state index is 0. The van der Waals surface area contributed by atoms with Gasteiger partial charge >= 0.3 is 0 Å². The van der Waals surface area contributed by atoms with Crippen LogP contribution in [0, 0.1) is 13.8 Å². The molecule has 0 aliphatic heterocycles. The Balaban J connectivity index is 0.00000625. The van der Waals surface area contributed by atoms with E-state index in [1.54, 1.807) is 0 Å². The molecule has 26 heavy (non-hydrogen) atoms. The SMILES string of the molecule is CCCN(CC)CCN=C(NCC)NC(C)Cc1c(C)nn(C)c1C.I. The molecule has 1 atom stereocenters. The highest BCUT2D eigenvalue weighted by atomic mass is 127. The maximum absolute atomic E-state index is 4.75. The molecule has 0 fully saturated rings. The van der Waals surface area contributed by atoms with Gasteiger partial charge in [0.1, 0.15) is 0 Å². The third-order valence-corrected chi connectivity index (χ3v) is 4.57. The highest BCUT2D eigenvalue weighted by molar-refractivity contribution is 14.0. The van der Waals surface area contributed by atoms with Crippen LogP contribution in [0.15, 0.2) is 4.99 Å². The number of aromatic nitrogens is 2. The number of rotatable bonds is 10. The largest absolute Gasteiger partial charge is 0.357 e. The van der Waals surface area contributed by atoms with Gasteiger partial charge in [0.15, 0.2) is 5.96 Å². The summed E-state index contributed by atoms with van der Waals surface area (Å²) in [5.41, 5.74) is 3.69. The number of likely N-dealkylation sites (N-methyl/N-ethyl adjacent to an activating group) is 1. The van der Waals surface area contributed by atoms with Crippen LogP contribution in [0.5, 0.6) is 0 Å². The molecular formula is C19H39IN6. The molecule has 0 saturated heterocycles. The number of hydrogen-bond donors (Lipinski definition) is 2. The van der Waals surface area contributed by atoms with Crippen LogP contribution in [0.2, 0.25) is 0 Å². The summed E-state index contributed by atoms with van der Waals surface area (Å²) < 4.78 is 1.96. The predicted octanol–water partition coefficient (Wildman–Crippen LogP) is 2.87. The molecule has 1 heterocycles. The van der Waals surface area contributed by atoms with Crippen molar-refractivity contribution in [2.45, 2.75) is 60.4 Å². The number of guanidine groups is 1. The van der Waals surface area contributed by atoms with E-state index in [9.17, 15) is 0 Å². The van der Waals surface area contributed by atoms with Crippen molar-refractivity contribution < 1.29 is 0 Å². The molecule has 7 heteroatoms. The summed E-state index contributed by atoms with van der Waals surface area (Å²) in [6, 6.07) is 0.303. The number of aryl methyl sites for hydroxylation is 2. The molecule has 0 amide bonds. The van der Waals surface area contributed by atoms with Gasteiger partial charge in [-0.25, -0.2) is 0 Å². The van der Waals surface area contributed by atoms with Gasteiger partial charge in [0, 0.05) is 31.9 Å². The van der Waals surface area contributed by atoms with Gasteiger partial charge in [-0.15, -0.1) is 24.0 Å². The molecular weight excluding hydrogens is 439 g/mol. The maximum Gasteiger partial charge on any atom is 0.191 e. The fourth-order valence-corrected chi connectivity index (χ4v) is 3.07. The number of nitrogens with one attached hydrogen (secondary N) is 2. The Hall–Kier alpha value is -0.830. The molecule has 1 aromatic heterocycles. The predicted molar refractivity (Wildman–Crippen MR) is 123 cm³/mol. The van der Waals surface area contributed by atoms with Crippen LogP contribution < -0.4 is 10.6 Å². The van der Waals surface area contributed by atoms with Crippen LogP contribution >= 0.6 is 24.0 Å². The molecule has 0 saturated carbocycles. The van der Waals surface area contributed by atoms with Crippen molar-refractivity contribution in [1.29, 1.82) is 0 Å². The molecule has 0 aliphatic rings. The van der Waals surface area contributed by atoms with E-state index in [1.807, 2.05) is 11.7 Å². The third-order valence-electron chi connectivity index (χ3n) is 4.57. The minimum atomic E-state index is 0. The molecule has 0 bridgehead atoms. The lowest BCUT2D eigenvalue weighted by Gasteiger charge is -2.20. The van der Waals surface area contributed by atoms with Gasteiger partial charge in [-0.05, 0) is 59.2 Å². The lowest BCUT2D eigenvalue weighted by atomic mass is 10.1. The third kappa shape index (κ3) is 8.24. The van der Waals surface area contributed by atoms with E-state index in [0.717, 1.165) is 50.8 Å². The van der Waals surface area contributed by atoms with Gasteiger partial charge in [-0.3, -0.25) is 9.67 Å². The summed E-state index contributed by atoms with van der Waals surface area (Å²) in [5.74, 6) is 0.904. The lowest BCUT2D eigenvalue weighted by Crippen LogP contribution is -2.43. The summed E-state index contributed by atoms with van der Waals surface area (Å²) in [5, 5.41) is 11.4. The molecule has 0 spiro atoms. The zero-order valence-corrected chi connectivity index (χ0v) is 20.1. The second-order valence-electron chi connectivity index (χ2n) is 6.72. The number of halogens is 1. The van der Waals surface area contributed by atoms with Crippen molar-refractivity contribution in [3.8, 4) is 0 Å². The van der Waals surface area contributed by atoms with Crippen molar-refractivity contribution in [2.24, 2.45) is 12.0 Å². The second-order valence-corrected chi connectivity index (χ2v) is 6.72. The molecule has 0 aliphatic carbocycles. The molecule has 1 rings (SSSR count). The smallest absolute Gasteiger partial charge is 0.191 e. The van der Waals surface area contributed by atoms with E-state index in [0.29, 0.717) is 6.04 Å². The highest BCUT2D eigenvalue weighted by Crippen LogP contribution is 2.14. The number of hydrogen-bond acceptors (Lipinski definition) is 3. The zero-order valence-electron chi connectivity index (χ0n) is 17.7. The fourth-order valence-electron chi connectivity index (χ4n) is 3.07. The molecule has 0 radical (unpaired) electrons. The number of aliphatic imine (C=N–C) groups is 1. The molecule has 6 nitrogen and oxygen atoms in total. The number of nitrogens with zero attached hydrogens (tertiary/aromatic N) is 4. The van der Waals surface area contributed by atoms with Crippen LogP contribution in [0.4, 0.5) is 0 Å². The first-order chi connectivity index (χ1) is 11.9. The van der Waals surface area contributed by atoms with Crippen LogP contribution in [0.1, 0.15) is 51.1 Å². The monoisotopic (exact) mass is 478 g/mol. The summed E-state index contributed by atoms with van der Waals surface area (Å²) in [4.78, 5) is 7.19. The Bertz CT molecular complexity index is 540. The summed E-state index contributed by atoms with van der Waals surface area (Å²) in [7, 11) is 2.01. The summed E-state index contributed by atoms with van der Waals surface area (Å²) in [6.07, 6.45) is 2.14. The van der Waals surface area contributed by atoms with Crippen LogP contribution in [0.3, 0.4) is 0 Å². The first kappa shape index (κ1) is 25.2. The summed E-state index contributed by atoms with van der Waals surface area (Å²) in [6.45, 7) is 17.9. The normalized spacial score (nSPS) is 12.8. The molecule has 152 valence electrons. The first-order valence-electron chi connectivity index (χ1n) is 9.69. The maximum atomic E-state index is 4.75. The molecule has 2 N–H and O–H groups in total. The van der Waals surface area contributed by atoms with Crippen LogP contribution in [0.25, 0.3) is 0 Å². The topological polar surface area (TPSA) is 57.5 Å². The quantitative estimate of drug-likeness (QED) is 0.309. The van der Waals surface area contributed by atoms with E-state index in [2.05, 4.69) is 62.2 Å². The summed E-state index contributed by atoms with van der Waals surface area (Å²) >= 11 is 0. The van der Waals surface area contributed by atoms with Gasteiger partial charge in [-0.1, -0.05) is 13.8 Å².